The molecule has 0 aliphatic carbocycles. The van der Waals surface area contributed by atoms with Crippen molar-refractivity contribution in [3.63, 3.8) is 0 Å². The van der Waals surface area contributed by atoms with Crippen LogP contribution in [0.3, 0.4) is 0 Å². The standard InChI is InChI=1S/C20H19ClFN3O/c21-16-5-3-6-17(22)19(16)20(26)25-10-8-24(9-11-25)13-14-12-23-18-7-2-1-4-15(14)18/h1-7,12,23H,8-11,13H2. The van der Waals surface area contributed by atoms with Crippen molar-refractivity contribution >= 4 is 28.4 Å². The van der Waals surface area contributed by atoms with Gasteiger partial charge in [0.2, 0.25) is 0 Å². The molecule has 2 aromatic carbocycles. The maximum atomic E-state index is 14.0. The van der Waals surface area contributed by atoms with Crippen LogP contribution in [0.5, 0.6) is 0 Å². The molecule has 0 saturated carbocycles. The van der Waals surface area contributed by atoms with Gasteiger partial charge in [-0.2, -0.15) is 0 Å². The van der Waals surface area contributed by atoms with E-state index in [1.54, 1.807) is 11.0 Å². The van der Waals surface area contributed by atoms with Crippen LogP contribution in [-0.2, 0) is 6.54 Å². The summed E-state index contributed by atoms with van der Waals surface area (Å²) in [6.07, 6.45) is 2.04. The molecule has 6 heteroatoms. The molecule has 1 saturated heterocycles. The number of para-hydroxylation sites is 1. The summed E-state index contributed by atoms with van der Waals surface area (Å²) in [6, 6.07) is 12.6. The lowest BCUT2D eigenvalue weighted by molar-refractivity contribution is 0.0624. The van der Waals surface area contributed by atoms with E-state index >= 15 is 0 Å². The largest absolute Gasteiger partial charge is 0.361 e. The van der Waals surface area contributed by atoms with Gasteiger partial charge < -0.3 is 9.88 Å². The second-order valence-corrected chi connectivity index (χ2v) is 6.93. The number of benzene rings is 2. The summed E-state index contributed by atoms with van der Waals surface area (Å²) in [5, 5.41) is 1.39. The van der Waals surface area contributed by atoms with Gasteiger partial charge in [0.25, 0.3) is 5.91 Å². The third kappa shape index (κ3) is 3.20. The number of carbonyl (C=O) groups excluding carboxylic acids is 1. The quantitative estimate of drug-likeness (QED) is 0.758. The van der Waals surface area contributed by atoms with Gasteiger partial charge in [-0.15, -0.1) is 0 Å². The number of halogens is 2. The second-order valence-electron chi connectivity index (χ2n) is 6.52. The second kappa shape index (κ2) is 7.09. The molecule has 1 aromatic heterocycles. The van der Waals surface area contributed by atoms with Crippen LogP contribution in [0.2, 0.25) is 5.02 Å². The fraction of sp³-hybridized carbons (Fsp3) is 0.250. The number of nitrogens with one attached hydrogen (secondary N) is 1. The van der Waals surface area contributed by atoms with E-state index in [9.17, 15) is 9.18 Å². The van der Waals surface area contributed by atoms with Crippen molar-refractivity contribution in [2.45, 2.75) is 6.54 Å². The average Bonchev–Trinajstić information content (AvgIpc) is 3.05. The van der Waals surface area contributed by atoms with Crippen LogP contribution in [0.1, 0.15) is 15.9 Å². The number of fused-ring (bicyclic) bond motifs is 1. The highest BCUT2D eigenvalue weighted by Gasteiger charge is 2.26. The van der Waals surface area contributed by atoms with E-state index in [4.69, 9.17) is 11.6 Å². The number of amides is 1. The van der Waals surface area contributed by atoms with Gasteiger partial charge in [0.15, 0.2) is 0 Å². The minimum absolute atomic E-state index is 0.0285. The number of piperazine rings is 1. The maximum absolute atomic E-state index is 14.0. The predicted octanol–water partition coefficient (Wildman–Crippen LogP) is 3.92. The fourth-order valence-electron chi connectivity index (χ4n) is 3.47. The van der Waals surface area contributed by atoms with Crippen LogP contribution in [0.25, 0.3) is 10.9 Å². The molecule has 1 amide bonds. The Hall–Kier alpha value is -2.37. The molecule has 134 valence electrons. The maximum Gasteiger partial charge on any atom is 0.258 e. The molecule has 1 aliphatic rings. The van der Waals surface area contributed by atoms with Crippen LogP contribution >= 0.6 is 11.6 Å². The van der Waals surface area contributed by atoms with E-state index < -0.39 is 5.82 Å². The third-order valence-electron chi connectivity index (χ3n) is 4.91. The minimum Gasteiger partial charge on any atom is -0.361 e. The van der Waals surface area contributed by atoms with E-state index in [2.05, 4.69) is 22.0 Å². The summed E-state index contributed by atoms with van der Waals surface area (Å²) in [5.74, 6) is -0.899. The molecule has 1 aliphatic heterocycles. The summed E-state index contributed by atoms with van der Waals surface area (Å²) >= 11 is 6.02. The molecule has 2 heterocycles. The van der Waals surface area contributed by atoms with E-state index in [1.807, 2.05) is 18.3 Å². The Balaban J connectivity index is 1.42. The summed E-state index contributed by atoms with van der Waals surface area (Å²) in [7, 11) is 0. The fourth-order valence-corrected chi connectivity index (χ4v) is 3.72. The van der Waals surface area contributed by atoms with Crippen molar-refractivity contribution in [3.8, 4) is 0 Å². The molecule has 0 atom stereocenters. The molecular weight excluding hydrogens is 353 g/mol. The first kappa shape index (κ1) is 17.1. The summed E-state index contributed by atoms with van der Waals surface area (Å²) in [6.45, 7) is 3.44. The smallest absolute Gasteiger partial charge is 0.258 e. The highest BCUT2D eigenvalue weighted by Crippen LogP contribution is 2.23. The first-order valence-corrected chi connectivity index (χ1v) is 9.02. The topological polar surface area (TPSA) is 39.3 Å². The number of hydrogen-bond acceptors (Lipinski definition) is 2. The van der Waals surface area contributed by atoms with Gasteiger partial charge in [0, 0.05) is 49.8 Å². The molecule has 0 unspecified atom stereocenters. The molecule has 0 spiro atoms. The van der Waals surface area contributed by atoms with Crippen molar-refractivity contribution in [3.05, 3.63) is 70.6 Å². The normalized spacial score (nSPS) is 15.5. The summed E-state index contributed by atoms with van der Waals surface area (Å²) in [5.41, 5.74) is 2.35. The number of carbonyl (C=O) groups is 1. The van der Waals surface area contributed by atoms with Gasteiger partial charge in [-0.1, -0.05) is 35.9 Å². The highest BCUT2D eigenvalue weighted by molar-refractivity contribution is 6.33. The molecule has 1 fully saturated rings. The lowest BCUT2D eigenvalue weighted by atomic mass is 10.1. The Kier molecular flexibility index (Phi) is 4.66. The monoisotopic (exact) mass is 371 g/mol. The number of aromatic amines is 1. The zero-order valence-corrected chi connectivity index (χ0v) is 15.0. The summed E-state index contributed by atoms with van der Waals surface area (Å²) < 4.78 is 14.0. The van der Waals surface area contributed by atoms with Crippen molar-refractivity contribution in [2.24, 2.45) is 0 Å². The zero-order chi connectivity index (χ0) is 18.1. The number of H-pyrrole nitrogens is 1. The Morgan fingerprint density at radius 2 is 1.85 bits per heavy atom. The van der Waals surface area contributed by atoms with Crippen molar-refractivity contribution in [1.29, 1.82) is 0 Å². The van der Waals surface area contributed by atoms with Gasteiger partial charge in [0.1, 0.15) is 5.82 Å². The lowest BCUT2D eigenvalue weighted by Gasteiger charge is -2.34. The Labute approximate surface area is 156 Å². The van der Waals surface area contributed by atoms with Crippen molar-refractivity contribution in [1.82, 2.24) is 14.8 Å². The van der Waals surface area contributed by atoms with E-state index in [-0.39, 0.29) is 16.5 Å². The Morgan fingerprint density at radius 1 is 1.08 bits per heavy atom. The molecule has 26 heavy (non-hydrogen) atoms. The van der Waals surface area contributed by atoms with Crippen LogP contribution in [0, 0.1) is 5.82 Å². The molecule has 4 rings (SSSR count). The molecule has 0 radical (unpaired) electrons. The van der Waals surface area contributed by atoms with Gasteiger partial charge in [-0.05, 0) is 23.8 Å². The molecule has 1 N–H and O–H groups in total. The van der Waals surface area contributed by atoms with E-state index in [1.165, 1.54) is 23.1 Å². The molecule has 4 nitrogen and oxygen atoms in total. The highest BCUT2D eigenvalue weighted by atomic mass is 35.5. The lowest BCUT2D eigenvalue weighted by Crippen LogP contribution is -2.48. The van der Waals surface area contributed by atoms with Crippen LogP contribution < -0.4 is 0 Å². The SMILES string of the molecule is O=C(c1c(F)cccc1Cl)N1CCN(Cc2c[nH]c3ccccc23)CC1. The Morgan fingerprint density at radius 3 is 2.62 bits per heavy atom. The number of rotatable bonds is 3. The van der Waals surface area contributed by atoms with Crippen LogP contribution in [0.4, 0.5) is 4.39 Å². The average molecular weight is 372 g/mol. The number of nitrogens with zero attached hydrogens (tertiary/aromatic N) is 2. The van der Waals surface area contributed by atoms with Gasteiger partial charge in [-0.25, -0.2) is 4.39 Å². The number of hydrogen-bond donors (Lipinski definition) is 1. The van der Waals surface area contributed by atoms with E-state index in [0.717, 1.165) is 25.2 Å². The predicted molar refractivity (Wildman–Crippen MR) is 101 cm³/mol. The molecule has 3 aromatic rings. The summed E-state index contributed by atoms with van der Waals surface area (Å²) in [4.78, 5) is 19.9. The van der Waals surface area contributed by atoms with Gasteiger partial charge >= 0.3 is 0 Å². The van der Waals surface area contributed by atoms with Gasteiger partial charge in [0.05, 0.1) is 10.6 Å². The molecule has 0 bridgehead atoms. The Bertz CT molecular complexity index is 927. The number of aromatic nitrogens is 1. The van der Waals surface area contributed by atoms with Crippen molar-refractivity contribution in [2.75, 3.05) is 26.2 Å². The minimum atomic E-state index is -0.566. The van der Waals surface area contributed by atoms with Crippen molar-refractivity contribution < 1.29 is 9.18 Å². The zero-order valence-electron chi connectivity index (χ0n) is 14.2. The molecular formula is C20H19ClFN3O. The van der Waals surface area contributed by atoms with E-state index in [0.29, 0.717) is 13.1 Å². The van der Waals surface area contributed by atoms with Crippen LogP contribution in [0.15, 0.2) is 48.7 Å². The first-order chi connectivity index (χ1) is 12.6. The van der Waals surface area contributed by atoms with Crippen LogP contribution in [-0.4, -0.2) is 46.9 Å². The third-order valence-corrected chi connectivity index (χ3v) is 5.22. The first-order valence-electron chi connectivity index (χ1n) is 8.64. The van der Waals surface area contributed by atoms with Gasteiger partial charge in [-0.3, -0.25) is 9.69 Å².